The molecule has 0 radical (unpaired) electrons. The molecule has 2 N–H and O–H groups in total. The summed E-state index contributed by atoms with van der Waals surface area (Å²) in [5, 5.41) is 17.1. The summed E-state index contributed by atoms with van der Waals surface area (Å²) in [7, 11) is 0. The smallest absolute Gasteiger partial charge is 0.226 e. The summed E-state index contributed by atoms with van der Waals surface area (Å²) in [5.41, 5.74) is 3.25. The van der Waals surface area contributed by atoms with Crippen molar-refractivity contribution in [2.45, 2.75) is 56.9 Å². The molecule has 0 amide bonds. The van der Waals surface area contributed by atoms with Crippen molar-refractivity contribution in [2.24, 2.45) is 0 Å². The molecule has 1 saturated carbocycles. The minimum Gasteiger partial charge on any atom is -0.394 e. The molecule has 6 heteroatoms. The van der Waals surface area contributed by atoms with E-state index in [0.717, 1.165) is 36.6 Å². The Bertz CT molecular complexity index is 680. The second-order valence-corrected chi connectivity index (χ2v) is 6.95. The van der Waals surface area contributed by atoms with Crippen molar-refractivity contribution in [3.8, 4) is 11.3 Å². The standard InChI is InChI=1S/C18H25N5O/c24-12-14-7-4-10-23(14)18-19-9-8-16(21-18)15-11-20-22-17(15)13-5-2-1-3-6-13/h8-9,11,13-14,24H,1-7,10,12H2,(H,20,22)/t14-/m1/s1. The minimum atomic E-state index is 0.141. The van der Waals surface area contributed by atoms with Gasteiger partial charge in [-0.3, -0.25) is 5.10 Å². The molecule has 24 heavy (non-hydrogen) atoms. The lowest BCUT2D eigenvalue weighted by Crippen LogP contribution is -2.33. The maximum atomic E-state index is 9.55. The number of nitrogens with one attached hydrogen (secondary N) is 1. The Morgan fingerprint density at radius 2 is 2.04 bits per heavy atom. The van der Waals surface area contributed by atoms with Crippen LogP contribution in [0.4, 0.5) is 5.95 Å². The number of H-pyrrole nitrogens is 1. The second-order valence-electron chi connectivity index (χ2n) is 6.95. The average molecular weight is 327 g/mol. The second kappa shape index (κ2) is 6.89. The fourth-order valence-corrected chi connectivity index (χ4v) is 4.13. The van der Waals surface area contributed by atoms with Crippen LogP contribution in [-0.2, 0) is 0 Å². The lowest BCUT2D eigenvalue weighted by molar-refractivity contribution is 0.265. The van der Waals surface area contributed by atoms with Crippen LogP contribution < -0.4 is 4.90 Å². The number of nitrogens with zero attached hydrogens (tertiary/aromatic N) is 4. The van der Waals surface area contributed by atoms with E-state index in [1.807, 2.05) is 18.5 Å². The van der Waals surface area contributed by atoms with Gasteiger partial charge in [-0.25, -0.2) is 9.97 Å². The lowest BCUT2D eigenvalue weighted by atomic mass is 9.85. The fraction of sp³-hybridized carbons (Fsp3) is 0.611. The largest absolute Gasteiger partial charge is 0.394 e. The van der Waals surface area contributed by atoms with Crippen LogP contribution in [0.25, 0.3) is 11.3 Å². The van der Waals surface area contributed by atoms with Crippen LogP contribution in [-0.4, -0.2) is 44.5 Å². The van der Waals surface area contributed by atoms with Crippen molar-refractivity contribution in [3.05, 3.63) is 24.2 Å². The van der Waals surface area contributed by atoms with Crippen LogP contribution in [0.15, 0.2) is 18.5 Å². The first-order valence-corrected chi connectivity index (χ1v) is 9.11. The molecule has 0 unspecified atom stereocenters. The lowest BCUT2D eigenvalue weighted by Gasteiger charge is -2.23. The Balaban J connectivity index is 1.63. The molecule has 2 aromatic heterocycles. The van der Waals surface area contributed by atoms with E-state index in [1.165, 1.54) is 37.8 Å². The first-order valence-electron chi connectivity index (χ1n) is 9.11. The predicted octanol–water partition coefficient (Wildman–Crippen LogP) is 2.88. The molecule has 1 aliphatic heterocycles. The minimum absolute atomic E-state index is 0.141. The summed E-state index contributed by atoms with van der Waals surface area (Å²) in [6, 6.07) is 2.10. The van der Waals surface area contributed by atoms with Crippen molar-refractivity contribution in [3.63, 3.8) is 0 Å². The summed E-state index contributed by atoms with van der Waals surface area (Å²) in [5.74, 6) is 1.28. The van der Waals surface area contributed by atoms with E-state index in [-0.39, 0.29) is 12.6 Å². The van der Waals surface area contributed by atoms with E-state index in [9.17, 15) is 5.11 Å². The first-order chi connectivity index (χ1) is 11.9. The van der Waals surface area contributed by atoms with Crippen molar-refractivity contribution in [2.75, 3.05) is 18.1 Å². The molecule has 4 rings (SSSR count). The molecular weight excluding hydrogens is 302 g/mol. The van der Waals surface area contributed by atoms with E-state index >= 15 is 0 Å². The van der Waals surface area contributed by atoms with E-state index < -0.39 is 0 Å². The molecule has 0 spiro atoms. The maximum absolute atomic E-state index is 9.55. The molecule has 3 heterocycles. The molecule has 2 fully saturated rings. The number of aromatic nitrogens is 4. The molecule has 1 aliphatic carbocycles. The van der Waals surface area contributed by atoms with Crippen molar-refractivity contribution in [1.82, 2.24) is 20.2 Å². The van der Waals surface area contributed by atoms with Gasteiger partial charge in [-0.1, -0.05) is 19.3 Å². The van der Waals surface area contributed by atoms with Gasteiger partial charge in [-0.05, 0) is 31.7 Å². The first kappa shape index (κ1) is 15.6. The van der Waals surface area contributed by atoms with Crippen LogP contribution in [0, 0.1) is 0 Å². The Morgan fingerprint density at radius 1 is 1.17 bits per heavy atom. The fourth-order valence-electron chi connectivity index (χ4n) is 4.13. The van der Waals surface area contributed by atoms with E-state index in [0.29, 0.717) is 5.92 Å². The molecule has 0 bridgehead atoms. The van der Waals surface area contributed by atoms with Gasteiger partial charge in [0.05, 0.1) is 24.5 Å². The number of rotatable bonds is 4. The molecule has 6 nitrogen and oxygen atoms in total. The molecule has 1 saturated heterocycles. The van der Waals surface area contributed by atoms with Crippen molar-refractivity contribution < 1.29 is 5.11 Å². The molecule has 2 aromatic rings. The third kappa shape index (κ3) is 2.90. The zero-order valence-corrected chi connectivity index (χ0v) is 14.0. The molecule has 128 valence electrons. The van der Waals surface area contributed by atoms with Gasteiger partial charge in [0.1, 0.15) is 0 Å². The highest BCUT2D eigenvalue weighted by atomic mass is 16.3. The summed E-state index contributed by atoms with van der Waals surface area (Å²) < 4.78 is 0. The van der Waals surface area contributed by atoms with E-state index in [1.54, 1.807) is 0 Å². The van der Waals surface area contributed by atoms with Gasteiger partial charge in [-0.2, -0.15) is 5.10 Å². The monoisotopic (exact) mass is 327 g/mol. The van der Waals surface area contributed by atoms with Gasteiger partial charge in [0.25, 0.3) is 0 Å². The normalized spacial score (nSPS) is 22.2. The third-order valence-electron chi connectivity index (χ3n) is 5.45. The van der Waals surface area contributed by atoms with Gasteiger partial charge >= 0.3 is 0 Å². The average Bonchev–Trinajstić information content (AvgIpc) is 3.31. The number of aliphatic hydroxyl groups is 1. The van der Waals surface area contributed by atoms with Gasteiger partial charge in [0, 0.05) is 29.9 Å². The summed E-state index contributed by atoms with van der Waals surface area (Å²) in [6.45, 7) is 1.07. The van der Waals surface area contributed by atoms with Crippen LogP contribution in [0.3, 0.4) is 0 Å². The maximum Gasteiger partial charge on any atom is 0.226 e. The number of aliphatic hydroxyl groups excluding tert-OH is 1. The SMILES string of the molecule is OC[C@H]1CCCN1c1nccc(-c2cn[nH]c2C2CCCCC2)n1. The van der Waals surface area contributed by atoms with Crippen LogP contribution in [0.5, 0.6) is 0 Å². The van der Waals surface area contributed by atoms with Crippen LogP contribution in [0.1, 0.15) is 56.6 Å². The van der Waals surface area contributed by atoms with Crippen LogP contribution >= 0.6 is 0 Å². The quantitative estimate of drug-likeness (QED) is 0.903. The number of aromatic amines is 1. The zero-order chi connectivity index (χ0) is 16.4. The Morgan fingerprint density at radius 3 is 2.88 bits per heavy atom. The predicted molar refractivity (Wildman–Crippen MR) is 92.9 cm³/mol. The molecular formula is C18H25N5O. The van der Waals surface area contributed by atoms with E-state index in [4.69, 9.17) is 4.98 Å². The van der Waals surface area contributed by atoms with Crippen molar-refractivity contribution in [1.29, 1.82) is 0 Å². The molecule has 0 aromatic carbocycles. The number of hydrogen-bond donors (Lipinski definition) is 2. The molecule has 1 atom stereocenters. The number of anilines is 1. The Labute approximate surface area is 142 Å². The van der Waals surface area contributed by atoms with Crippen LogP contribution in [0.2, 0.25) is 0 Å². The molecule has 2 aliphatic rings. The summed E-state index contributed by atoms with van der Waals surface area (Å²) >= 11 is 0. The topological polar surface area (TPSA) is 77.9 Å². The highest BCUT2D eigenvalue weighted by Gasteiger charge is 2.27. The number of hydrogen-bond acceptors (Lipinski definition) is 5. The third-order valence-corrected chi connectivity index (χ3v) is 5.45. The van der Waals surface area contributed by atoms with Gasteiger partial charge in [0.2, 0.25) is 5.95 Å². The Hall–Kier alpha value is -1.95. The summed E-state index contributed by atoms with van der Waals surface area (Å²) in [4.78, 5) is 11.4. The van der Waals surface area contributed by atoms with E-state index in [2.05, 4.69) is 20.1 Å². The highest BCUT2D eigenvalue weighted by molar-refractivity contribution is 5.63. The Kier molecular flexibility index (Phi) is 4.47. The van der Waals surface area contributed by atoms with Gasteiger partial charge < -0.3 is 10.0 Å². The van der Waals surface area contributed by atoms with Crippen molar-refractivity contribution >= 4 is 5.95 Å². The highest BCUT2D eigenvalue weighted by Crippen LogP contribution is 2.36. The summed E-state index contributed by atoms with van der Waals surface area (Å²) in [6.07, 6.45) is 12.2. The van der Waals surface area contributed by atoms with Gasteiger partial charge in [0.15, 0.2) is 0 Å². The van der Waals surface area contributed by atoms with Gasteiger partial charge in [-0.15, -0.1) is 0 Å². The zero-order valence-electron chi connectivity index (χ0n) is 14.0.